The van der Waals surface area contributed by atoms with Crippen molar-refractivity contribution in [2.24, 2.45) is 5.92 Å². The maximum Gasteiger partial charge on any atom is 0.306 e. The van der Waals surface area contributed by atoms with Crippen LogP contribution in [-0.4, -0.2) is 37.6 Å². The lowest BCUT2D eigenvalue weighted by atomic mass is 9.91. The van der Waals surface area contributed by atoms with E-state index in [1.54, 1.807) is 0 Å². The molecule has 1 saturated carbocycles. The molecule has 0 bridgehead atoms. The van der Waals surface area contributed by atoms with Crippen LogP contribution in [-0.2, 0) is 4.79 Å². The molecule has 2 atom stereocenters. The molecule has 0 amide bonds. The maximum absolute atomic E-state index is 13.1. The topological polar surface area (TPSA) is 79.8 Å². The van der Waals surface area contributed by atoms with Gasteiger partial charge in [0, 0.05) is 28.8 Å². The fraction of sp³-hybridized carbons (Fsp3) is 0.423. The number of carboxylic acids is 1. The van der Waals surface area contributed by atoms with Gasteiger partial charge in [0.1, 0.15) is 0 Å². The molecule has 0 radical (unpaired) electrons. The van der Waals surface area contributed by atoms with Crippen LogP contribution in [0.2, 0.25) is 0 Å². The Hall–Kier alpha value is -2.87. The van der Waals surface area contributed by atoms with E-state index in [2.05, 4.69) is 59.9 Å². The van der Waals surface area contributed by atoms with Crippen molar-refractivity contribution < 1.29 is 9.90 Å². The van der Waals surface area contributed by atoms with E-state index >= 15 is 0 Å². The maximum atomic E-state index is 13.1. The highest BCUT2D eigenvalue weighted by Gasteiger charge is 2.31. The largest absolute Gasteiger partial charge is 0.481 e. The van der Waals surface area contributed by atoms with Crippen LogP contribution >= 0.6 is 15.9 Å². The first kappa shape index (κ1) is 21.6. The number of carboxylic acid groups (broad SMARTS) is 1. The highest BCUT2D eigenvalue weighted by atomic mass is 79.9. The summed E-state index contributed by atoms with van der Waals surface area (Å²) in [6.07, 6.45) is 5.82. The van der Waals surface area contributed by atoms with Crippen molar-refractivity contribution in [2.75, 3.05) is 11.4 Å². The molecule has 1 N–H and O–H groups in total. The molecular weight excluding hydrogens is 496 g/mol. The van der Waals surface area contributed by atoms with Gasteiger partial charge in [0.05, 0.1) is 27.9 Å². The van der Waals surface area contributed by atoms with Gasteiger partial charge in [-0.3, -0.25) is 14.0 Å². The predicted molar refractivity (Wildman–Crippen MR) is 137 cm³/mol. The third-order valence-corrected chi connectivity index (χ3v) is 8.43. The van der Waals surface area contributed by atoms with Gasteiger partial charge in [0.25, 0.3) is 5.56 Å². The Kier molecular flexibility index (Phi) is 5.17. The third kappa shape index (κ3) is 3.26. The van der Waals surface area contributed by atoms with Crippen molar-refractivity contribution in [3.8, 4) is 0 Å². The lowest BCUT2D eigenvalue weighted by Gasteiger charge is -2.38. The van der Waals surface area contributed by atoms with Crippen molar-refractivity contribution in [1.82, 2.24) is 14.0 Å². The average Bonchev–Trinajstić information content (AvgIpc) is 3.44. The molecular formula is C26H27BrN4O3. The number of rotatable bonds is 3. The number of hydrogen-bond acceptors (Lipinski definition) is 4. The molecule has 1 unspecified atom stereocenters. The summed E-state index contributed by atoms with van der Waals surface area (Å²) >= 11 is 3.55. The van der Waals surface area contributed by atoms with E-state index in [1.807, 2.05) is 18.2 Å². The SMILES string of the molecule is C[C@@H]1CC(C(=O)O)CCN1c1ccc2c(c1)n(C1CCCC1)c1nc(=O)c3c(Br)cccc3n21. The van der Waals surface area contributed by atoms with E-state index in [9.17, 15) is 14.7 Å². The molecule has 1 aliphatic heterocycles. The number of halogens is 1. The zero-order chi connectivity index (χ0) is 23.6. The molecule has 2 aliphatic rings. The van der Waals surface area contributed by atoms with Crippen LogP contribution < -0.4 is 10.5 Å². The van der Waals surface area contributed by atoms with Crippen LogP contribution in [0.15, 0.2) is 45.7 Å². The lowest BCUT2D eigenvalue weighted by molar-refractivity contribution is -0.142. The Morgan fingerprint density at radius 2 is 1.88 bits per heavy atom. The number of imidazole rings is 1. The Balaban J connectivity index is 1.59. The second-order valence-electron chi connectivity index (χ2n) is 9.77. The molecule has 34 heavy (non-hydrogen) atoms. The number of aliphatic carboxylic acids is 1. The van der Waals surface area contributed by atoms with Crippen LogP contribution in [0.1, 0.15) is 51.5 Å². The summed E-state index contributed by atoms with van der Waals surface area (Å²) in [5.74, 6) is -0.274. The fourth-order valence-electron chi connectivity index (χ4n) is 6.10. The minimum atomic E-state index is -0.697. The highest BCUT2D eigenvalue weighted by Crippen LogP contribution is 2.38. The van der Waals surface area contributed by atoms with Gasteiger partial charge in [-0.05, 0) is 78.9 Å². The van der Waals surface area contributed by atoms with Crippen LogP contribution in [0, 0.1) is 5.92 Å². The van der Waals surface area contributed by atoms with Crippen LogP contribution in [0.3, 0.4) is 0 Å². The minimum Gasteiger partial charge on any atom is -0.481 e. The summed E-state index contributed by atoms with van der Waals surface area (Å²) in [4.78, 5) is 31.5. The fourth-order valence-corrected chi connectivity index (χ4v) is 6.62. The Morgan fingerprint density at radius 3 is 2.62 bits per heavy atom. The number of fused-ring (bicyclic) bond motifs is 5. The molecule has 4 aromatic rings. The molecule has 3 heterocycles. The van der Waals surface area contributed by atoms with Crippen LogP contribution in [0.25, 0.3) is 27.7 Å². The van der Waals surface area contributed by atoms with E-state index in [0.29, 0.717) is 30.0 Å². The molecule has 2 aromatic heterocycles. The van der Waals surface area contributed by atoms with Crippen molar-refractivity contribution >= 4 is 55.3 Å². The number of aromatic nitrogens is 3. The van der Waals surface area contributed by atoms with Gasteiger partial charge in [-0.15, -0.1) is 0 Å². The van der Waals surface area contributed by atoms with Gasteiger partial charge in [-0.25, -0.2) is 0 Å². The third-order valence-electron chi connectivity index (χ3n) is 7.77. The van der Waals surface area contributed by atoms with Crippen molar-refractivity contribution in [3.05, 3.63) is 51.2 Å². The Morgan fingerprint density at radius 1 is 1.09 bits per heavy atom. The van der Waals surface area contributed by atoms with E-state index in [1.165, 1.54) is 12.8 Å². The van der Waals surface area contributed by atoms with E-state index in [4.69, 9.17) is 0 Å². The van der Waals surface area contributed by atoms with Gasteiger partial charge in [0.15, 0.2) is 0 Å². The van der Waals surface area contributed by atoms with Gasteiger partial charge >= 0.3 is 5.97 Å². The summed E-state index contributed by atoms with van der Waals surface area (Å²) in [6, 6.07) is 12.8. The normalized spacial score (nSPS) is 21.8. The standard InChI is InChI=1S/C26H27BrN4O3/c1-15-13-16(25(33)34)11-12-29(15)18-9-10-20-22(14-18)30(17-5-2-3-6-17)26-28-24(32)23-19(27)7-4-8-21(23)31(20)26/h4,7-10,14-17H,2-3,5-6,11-13H2,1H3,(H,33,34)/t15-,16?/m1/s1. The first-order chi connectivity index (χ1) is 16.4. The second-order valence-corrected chi connectivity index (χ2v) is 10.6. The van der Waals surface area contributed by atoms with E-state index in [-0.39, 0.29) is 17.5 Å². The minimum absolute atomic E-state index is 0.146. The van der Waals surface area contributed by atoms with Crippen LogP contribution in [0.4, 0.5) is 5.69 Å². The van der Waals surface area contributed by atoms with Gasteiger partial charge < -0.3 is 14.6 Å². The molecule has 6 rings (SSSR count). The number of carbonyl (C=O) groups is 1. The first-order valence-electron chi connectivity index (χ1n) is 12.1. The number of hydrogen-bond donors (Lipinski definition) is 1. The number of anilines is 1. The molecule has 7 nitrogen and oxygen atoms in total. The van der Waals surface area contributed by atoms with E-state index in [0.717, 1.165) is 46.1 Å². The molecule has 1 aliphatic carbocycles. The van der Waals surface area contributed by atoms with Crippen LogP contribution in [0.5, 0.6) is 0 Å². The molecule has 0 spiro atoms. The van der Waals surface area contributed by atoms with Gasteiger partial charge in [-0.1, -0.05) is 18.9 Å². The summed E-state index contributed by atoms with van der Waals surface area (Å²) in [6.45, 7) is 2.83. The number of benzene rings is 2. The monoisotopic (exact) mass is 522 g/mol. The number of nitrogens with zero attached hydrogens (tertiary/aromatic N) is 4. The summed E-state index contributed by atoms with van der Waals surface area (Å²) in [7, 11) is 0. The number of piperidine rings is 1. The second kappa shape index (κ2) is 8.12. The molecule has 1 saturated heterocycles. The highest BCUT2D eigenvalue weighted by molar-refractivity contribution is 9.10. The molecule has 2 fully saturated rings. The Labute approximate surface area is 205 Å². The first-order valence-corrected chi connectivity index (χ1v) is 12.9. The quantitative estimate of drug-likeness (QED) is 0.391. The van der Waals surface area contributed by atoms with Gasteiger partial charge in [-0.2, -0.15) is 4.98 Å². The lowest BCUT2D eigenvalue weighted by Crippen LogP contribution is -2.42. The smallest absolute Gasteiger partial charge is 0.306 e. The summed E-state index contributed by atoms with van der Waals surface area (Å²) in [5, 5.41) is 10.1. The van der Waals surface area contributed by atoms with Crippen molar-refractivity contribution in [2.45, 2.75) is 57.5 Å². The molecule has 2 aromatic carbocycles. The zero-order valence-electron chi connectivity index (χ0n) is 19.1. The van der Waals surface area contributed by atoms with Crippen molar-refractivity contribution in [3.63, 3.8) is 0 Å². The summed E-state index contributed by atoms with van der Waals surface area (Å²) in [5.41, 5.74) is 3.86. The van der Waals surface area contributed by atoms with Gasteiger partial charge in [0.2, 0.25) is 5.78 Å². The summed E-state index contributed by atoms with van der Waals surface area (Å²) < 4.78 is 5.16. The molecule has 176 valence electrons. The van der Waals surface area contributed by atoms with Crippen molar-refractivity contribution in [1.29, 1.82) is 0 Å². The predicted octanol–water partition coefficient (Wildman–Crippen LogP) is 5.37. The Bertz CT molecular complexity index is 1500. The molecule has 8 heteroatoms. The average molecular weight is 523 g/mol. The van der Waals surface area contributed by atoms with E-state index < -0.39 is 5.97 Å². The zero-order valence-corrected chi connectivity index (χ0v) is 20.7.